The van der Waals surface area contributed by atoms with E-state index in [9.17, 15) is 31.1 Å². The SMILES string of the molecule is CN(c1ncccc1C(=O)Nc1cccc(C(OC[C@@H]2CCCN2)(C(F)(F)F)C(F)(F)F)c1)c1ccnc2[nH]ccc12. The van der Waals surface area contributed by atoms with Crippen LogP contribution in [0.2, 0.25) is 0 Å². The molecule has 0 saturated carbocycles. The maximum Gasteiger partial charge on any atom is 0.430 e. The van der Waals surface area contributed by atoms with Crippen LogP contribution in [-0.4, -0.2) is 59.5 Å². The monoisotopic (exact) mass is 592 g/mol. The van der Waals surface area contributed by atoms with Gasteiger partial charge in [0.1, 0.15) is 11.5 Å². The first kappa shape index (κ1) is 29.3. The molecule has 42 heavy (non-hydrogen) atoms. The molecule has 1 aliphatic rings. The Morgan fingerprint density at radius 3 is 2.55 bits per heavy atom. The molecule has 4 heterocycles. The highest BCUT2D eigenvalue weighted by Gasteiger charge is 2.73. The quantitative estimate of drug-likeness (QED) is 0.215. The number of pyridine rings is 2. The second kappa shape index (κ2) is 11.2. The number of aromatic amines is 1. The van der Waals surface area contributed by atoms with Crippen molar-refractivity contribution >= 4 is 34.1 Å². The number of fused-ring (bicyclic) bond motifs is 1. The number of halogens is 6. The van der Waals surface area contributed by atoms with Gasteiger partial charge in [-0.05, 0) is 55.8 Å². The number of aromatic nitrogens is 3. The van der Waals surface area contributed by atoms with E-state index in [0.717, 1.165) is 11.5 Å². The van der Waals surface area contributed by atoms with Gasteiger partial charge in [-0.2, -0.15) is 26.3 Å². The Morgan fingerprint density at radius 2 is 1.83 bits per heavy atom. The molecule has 4 aromatic rings. The summed E-state index contributed by atoms with van der Waals surface area (Å²) in [7, 11) is 1.67. The first-order chi connectivity index (χ1) is 19.9. The van der Waals surface area contributed by atoms with E-state index in [1.54, 1.807) is 36.5 Å². The molecule has 14 heteroatoms. The molecule has 0 bridgehead atoms. The van der Waals surface area contributed by atoms with Crippen molar-refractivity contribution in [3.8, 4) is 0 Å². The molecular weight excluding hydrogens is 566 g/mol. The number of nitrogens with one attached hydrogen (secondary N) is 3. The number of hydrogen-bond donors (Lipinski definition) is 3. The third kappa shape index (κ3) is 5.39. The molecule has 0 unspecified atom stereocenters. The Kier molecular flexibility index (Phi) is 7.86. The summed E-state index contributed by atoms with van der Waals surface area (Å²) in [5.74, 6) is -0.589. The number of benzene rings is 1. The number of alkyl halides is 6. The zero-order valence-electron chi connectivity index (χ0n) is 22.2. The lowest BCUT2D eigenvalue weighted by molar-refractivity contribution is -0.390. The van der Waals surface area contributed by atoms with E-state index in [1.807, 2.05) is 0 Å². The third-order valence-corrected chi connectivity index (χ3v) is 7.14. The van der Waals surface area contributed by atoms with Gasteiger partial charge >= 0.3 is 12.4 Å². The molecule has 1 atom stereocenters. The van der Waals surface area contributed by atoms with Crippen molar-refractivity contribution in [1.82, 2.24) is 20.3 Å². The number of anilines is 3. The minimum absolute atomic E-state index is 0.0346. The van der Waals surface area contributed by atoms with E-state index < -0.39 is 42.1 Å². The third-order valence-electron chi connectivity index (χ3n) is 7.14. The van der Waals surface area contributed by atoms with E-state index in [-0.39, 0.29) is 17.1 Å². The molecule has 8 nitrogen and oxygen atoms in total. The second-order valence-corrected chi connectivity index (χ2v) is 9.82. The zero-order chi connectivity index (χ0) is 30.1. The van der Waals surface area contributed by atoms with Gasteiger partial charge in [0, 0.05) is 48.3 Å². The number of H-pyrrole nitrogens is 1. The van der Waals surface area contributed by atoms with Gasteiger partial charge in [0.2, 0.25) is 0 Å². The number of hydrogen-bond acceptors (Lipinski definition) is 6. The van der Waals surface area contributed by atoms with Gasteiger partial charge in [0.25, 0.3) is 11.5 Å². The Balaban J connectivity index is 1.47. The smallest absolute Gasteiger partial charge is 0.352 e. The van der Waals surface area contributed by atoms with Crippen molar-refractivity contribution in [3.05, 3.63) is 78.2 Å². The predicted molar refractivity (Wildman–Crippen MR) is 144 cm³/mol. The molecule has 1 saturated heterocycles. The van der Waals surface area contributed by atoms with Crippen LogP contribution in [0, 0.1) is 0 Å². The number of rotatable bonds is 8. The second-order valence-electron chi connectivity index (χ2n) is 9.82. The molecule has 1 amide bonds. The summed E-state index contributed by atoms with van der Waals surface area (Å²) in [4.78, 5) is 26.5. The highest BCUT2D eigenvalue weighted by molar-refractivity contribution is 6.08. The van der Waals surface area contributed by atoms with Crippen LogP contribution in [-0.2, 0) is 10.3 Å². The van der Waals surface area contributed by atoms with Crippen molar-refractivity contribution in [2.75, 3.05) is 30.4 Å². The van der Waals surface area contributed by atoms with E-state index in [1.165, 1.54) is 24.4 Å². The lowest BCUT2D eigenvalue weighted by Crippen LogP contribution is -2.57. The number of ether oxygens (including phenoxy) is 1. The maximum absolute atomic E-state index is 14.3. The molecule has 0 spiro atoms. The van der Waals surface area contributed by atoms with Gasteiger partial charge in [-0.3, -0.25) is 4.79 Å². The molecule has 1 aromatic carbocycles. The predicted octanol–water partition coefficient (Wildman–Crippen LogP) is 6.07. The van der Waals surface area contributed by atoms with Crippen LogP contribution in [0.3, 0.4) is 0 Å². The van der Waals surface area contributed by atoms with E-state index >= 15 is 0 Å². The first-order valence-corrected chi connectivity index (χ1v) is 13.0. The number of nitrogens with zero attached hydrogens (tertiary/aromatic N) is 3. The van der Waals surface area contributed by atoms with Crippen molar-refractivity contribution < 1.29 is 35.9 Å². The van der Waals surface area contributed by atoms with Crippen LogP contribution in [0.5, 0.6) is 0 Å². The summed E-state index contributed by atoms with van der Waals surface area (Å²) in [6.45, 7) is -0.326. The molecule has 3 N–H and O–H groups in total. The number of carbonyl (C=O) groups excluding carboxylic acids is 1. The van der Waals surface area contributed by atoms with Gasteiger partial charge in [-0.1, -0.05) is 12.1 Å². The maximum atomic E-state index is 14.3. The van der Waals surface area contributed by atoms with Crippen LogP contribution in [0.15, 0.2) is 67.1 Å². The van der Waals surface area contributed by atoms with Gasteiger partial charge in [0.15, 0.2) is 0 Å². The summed E-state index contributed by atoms with van der Waals surface area (Å²) >= 11 is 0. The van der Waals surface area contributed by atoms with Crippen LogP contribution in [0.1, 0.15) is 28.8 Å². The Labute approximate surface area is 236 Å². The average molecular weight is 593 g/mol. The lowest BCUT2D eigenvalue weighted by Gasteiger charge is -2.38. The fraction of sp³-hybridized carbons (Fsp3) is 0.321. The molecule has 0 radical (unpaired) electrons. The zero-order valence-corrected chi connectivity index (χ0v) is 22.2. The molecule has 1 aliphatic heterocycles. The summed E-state index contributed by atoms with van der Waals surface area (Å²) in [6.07, 6.45) is -5.97. The largest absolute Gasteiger partial charge is 0.430 e. The van der Waals surface area contributed by atoms with Gasteiger partial charge in [-0.15, -0.1) is 0 Å². The summed E-state index contributed by atoms with van der Waals surface area (Å²) in [5, 5.41) is 6.01. The Morgan fingerprint density at radius 1 is 1.05 bits per heavy atom. The van der Waals surface area contributed by atoms with E-state index in [4.69, 9.17) is 4.74 Å². The minimum Gasteiger partial charge on any atom is -0.352 e. The lowest BCUT2D eigenvalue weighted by atomic mass is 9.91. The Bertz CT molecular complexity index is 1550. The first-order valence-electron chi connectivity index (χ1n) is 13.0. The van der Waals surface area contributed by atoms with E-state index in [0.29, 0.717) is 42.9 Å². The van der Waals surface area contributed by atoms with Crippen LogP contribution in [0.4, 0.5) is 43.5 Å². The van der Waals surface area contributed by atoms with Crippen LogP contribution in [0.25, 0.3) is 11.0 Å². The van der Waals surface area contributed by atoms with Crippen LogP contribution >= 0.6 is 0 Å². The topological polar surface area (TPSA) is 95.2 Å². The number of amides is 1. The highest BCUT2D eigenvalue weighted by atomic mass is 19.4. The van der Waals surface area contributed by atoms with Crippen molar-refractivity contribution in [2.24, 2.45) is 0 Å². The molecule has 0 aliphatic carbocycles. The molecule has 222 valence electrons. The number of carbonyl (C=O) groups is 1. The summed E-state index contributed by atoms with van der Waals surface area (Å²) < 4.78 is 90.6. The molecular formula is C28H26F6N6O2. The Hall–Kier alpha value is -4.17. The average Bonchev–Trinajstić information content (AvgIpc) is 3.64. The summed E-state index contributed by atoms with van der Waals surface area (Å²) in [6, 6.07) is 9.32. The van der Waals surface area contributed by atoms with Crippen molar-refractivity contribution in [2.45, 2.75) is 36.8 Å². The summed E-state index contributed by atoms with van der Waals surface area (Å²) in [5.41, 5.74) is -4.80. The van der Waals surface area contributed by atoms with Gasteiger partial charge in [0.05, 0.1) is 17.9 Å². The van der Waals surface area contributed by atoms with Gasteiger partial charge < -0.3 is 25.3 Å². The van der Waals surface area contributed by atoms with Crippen molar-refractivity contribution in [1.29, 1.82) is 0 Å². The van der Waals surface area contributed by atoms with E-state index in [2.05, 4.69) is 25.6 Å². The standard InChI is InChI=1S/C28H26F6N6O2/c1-40(22-10-14-37-23-20(22)9-13-36-23)24-21(8-4-12-38-24)25(41)39-18-6-2-5-17(15-18)26(27(29,30)31,28(32,33)34)42-16-19-7-3-11-35-19/h2,4-6,8-10,12-15,19,35H,3,7,11,16H2,1H3,(H,36,37)(H,39,41)/t19-/m0/s1. The normalized spacial score (nSPS) is 16.1. The highest BCUT2D eigenvalue weighted by Crippen LogP contribution is 2.53. The fourth-order valence-corrected chi connectivity index (χ4v) is 5.07. The molecule has 1 fully saturated rings. The van der Waals surface area contributed by atoms with Gasteiger partial charge in [-0.25, -0.2) is 9.97 Å². The fourth-order valence-electron chi connectivity index (χ4n) is 5.07. The van der Waals surface area contributed by atoms with Crippen molar-refractivity contribution in [3.63, 3.8) is 0 Å². The molecule has 3 aromatic heterocycles. The minimum atomic E-state index is -5.85. The molecule has 5 rings (SSSR count). The van der Waals surface area contributed by atoms with Crippen LogP contribution < -0.4 is 15.5 Å².